The average molecular weight is 210 g/mol. The van der Waals surface area contributed by atoms with E-state index < -0.39 is 0 Å². The second kappa shape index (κ2) is 3.48. The summed E-state index contributed by atoms with van der Waals surface area (Å²) in [6, 6.07) is 0. The standard InChI is InChI=1S/C12H22N2O/c1-8(2)11(15)14-7-9-5-13-6-10(9)12(14,3)4/h8-10,13H,5-7H2,1-4H3. The van der Waals surface area contributed by atoms with Crippen LogP contribution in [0.15, 0.2) is 0 Å². The van der Waals surface area contributed by atoms with Crippen LogP contribution in [0, 0.1) is 17.8 Å². The Kier molecular flexibility index (Phi) is 2.53. The zero-order valence-corrected chi connectivity index (χ0v) is 10.2. The van der Waals surface area contributed by atoms with Crippen molar-refractivity contribution in [2.45, 2.75) is 33.2 Å². The fourth-order valence-electron chi connectivity index (χ4n) is 3.11. The second-order valence-corrected chi connectivity index (χ2v) is 5.78. The molecule has 0 radical (unpaired) electrons. The maximum absolute atomic E-state index is 12.1. The van der Waals surface area contributed by atoms with Crippen LogP contribution >= 0.6 is 0 Å². The Morgan fingerprint density at radius 1 is 1.40 bits per heavy atom. The lowest BCUT2D eigenvalue weighted by Gasteiger charge is -2.36. The van der Waals surface area contributed by atoms with Crippen molar-refractivity contribution in [2.75, 3.05) is 19.6 Å². The van der Waals surface area contributed by atoms with Crippen LogP contribution in [0.3, 0.4) is 0 Å². The van der Waals surface area contributed by atoms with E-state index in [1.807, 2.05) is 13.8 Å². The van der Waals surface area contributed by atoms with E-state index in [1.165, 1.54) is 0 Å². The van der Waals surface area contributed by atoms with E-state index in [0.717, 1.165) is 19.6 Å². The van der Waals surface area contributed by atoms with Gasteiger partial charge in [0.15, 0.2) is 0 Å². The van der Waals surface area contributed by atoms with Crippen LogP contribution < -0.4 is 5.32 Å². The number of nitrogens with zero attached hydrogens (tertiary/aromatic N) is 1. The third-order valence-electron chi connectivity index (χ3n) is 4.12. The number of nitrogens with one attached hydrogen (secondary N) is 1. The first kappa shape index (κ1) is 10.9. The van der Waals surface area contributed by atoms with E-state index in [0.29, 0.717) is 17.7 Å². The number of rotatable bonds is 1. The predicted octanol–water partition coefficient (Wildman–Crippen LogP) is 1.10. The van der Waals surface area contributed by atoms with Gasteiger partial charge in [-0.1, -0.05) is 13.8 Å². The van der Waals surface area contributed by atoms with Crippen LogP contribution in [0.25, 0.3) is 0 Å². The number of hydrogen-bond acceptors (Lipinski definition) is 2. The van der Waals surface area contributed by atoms with Crippen LogP contribution in [0.1, 0.15) is 27.7 Å². The summed E-state index contributed by atoms with van der Waals surface area (Å²) in [5.41, 5.74) is 0.0372. The molecule has 0 aromatic carbocycles. The van der Waals surface area contributed by atoms with Gasteiger partial charge in [-0.3, -0.25) is 4.79 Å². The number of hydrogen-bond donors (Lipinski definition) is 1. The molecule has 2 saturated heterocycles. The Hall–Kier alpha value is -0.570. The number of likely N-dealkylation sites (tertiary alicyclic amines) is 1. The summed E-state index contributed by atoms with van der Waals surface area (Å²) in [6.07, 6.45) is 0. The molecule has 0 saturated carbocycles. The summed E-state index contributed by atoms with van der Waals surface area (Å²) < 4.78 is 0. The van der Waals surface area contributed by atoms with Gasteiger partial charge in [-0.05, 0) is 25.7 Å². The molecule has 2 aliphatic heterocycles. The highest BCUT2D eigenvalue weighted by molar-refractivity contribution is 5.79. The molecule has 3 nitrogen and oxygen atoms in total. The Bertz CT molecular complexity index is 273. The van der Waals surface area contributed by atoms with E-state index in [-0.39, 0.29) is 11.5 Å². The Balaban J connectivity index is 2.19. The third kappa shape index (κ3) is 1.57. The van der Waals surface area contributed by atoms with Gasteiger partial charge in [0, 0.05) is 31.1 Å². The van der Waals surface area contributed by atoms with E-state index >= 15 is 0 Å². The number of fused-ring (bicyclic) bond motifs is 1. The molecule has 2 fully saturated rings. The van der Waals surface area contributed by atoms with Crippen molar-refractivity contribution in [3.8, 4) is 0 Å². The maximum atomic E-state index is 12.1. The van der Waals surface area contributed by atoms with Crippen molar-refractivity contribution >= 4 is 5.91 Å². The Morgan fingerprint density at radius 3 is 2.60 bits per heavy atom. The van der Waals surface area contributed by atoms with E-state index in [4.69, 9.17) is 0 Å². The highest BCUT2D eigenvalue weighted by Crippen LogP contribution is 2.41. The minimum absolute atomic E-state index is 0.0372. The normalized spacial score (nSPS) is 33.5. The summed E-state index contributed by atoms with van der Waals surface area (Å²) in [7, 11) is 0. The first-order valence-corrected chi connectivity index (χ1v) is 5.96. The highest BCUT2D eigenvalue weighted by Gasteiger charge is 2.51. The topological polar surface area (TPSA) is 32.3 Å². The summed E-state index contributed by atoms with van der Waals surface area (Å²) in [6.45, 7) is 11.5. The molecule has 2 rings (SSSR count). The first-order valence-electron chi connectivity index (χ1n) is 5.96. The molecule has 2 heterocycles. The lowest BCUT2D eigenvalue weighted by atomic mass is 9.84. The van der Waals surface area contributed by atoms with Crippen molar-refractivity contribution in [3.63, 3.8) is 0 Å². The van der Waals surface area contributed by atoms with Gasteiger partial charge < -0.3 is 10.2 Å². The van der Waals surface area contributed by atoms with E-state index in [2.05, 4.69) is 24.1 Å². The Labute approximate surface area is 92.2 Å². The van der Waals surface area contributed by atoms with Gasteiger partial charge in [0.05, 0.1) is 0 Å². The van der Waals surface area contributed by atoms with Gasteiger partial charge in [0.2, 0.25) is 5.91 Å². The highest BCUT2D eigenvalue weighted by atomic mass is 16.2. The van der Waals surface area contributed by atoms with E-state index in [9.17, 15) is 4.79 Å². The van der Waals surface area contributed by atoms with Gasteiger partial charge in [-0.25, -0.2) is 0 Å². The molecule has 2 aliphatic rings. The monoisotopic (exact) mass is 210 g/mol. The fourth-order valence-corrected chi connectivity index (χ4v) is 3.11. The van der Waals surface area contributed by atoms with Crippen molar-refractivity contribution in [3.05, 3.63) is 0 Å². The van der Waals surface area contributed by atoms with Gasteiger partial charge in [0.25, 0.3) is 0 Å². The summed E-state index contributed by atoms with van der Waals surface area (Å²) >= 11 is 0. The van der Waals surface area contributed by atoms with Crippen molar-refractivity contribution in [2.24, 2.45) is 17.8 Å². The first-order chi connectivity index (χ1) is 6.94. The Morgan fingerprint density at radius 2 is 2.07 bits per heavy atom. The van der Waals surface area contributed by atoms with Gasteiger partial charge in [0.1, 0.15) is 0 Å². The molecule has 15 heavy (non-hydrogen) atoms. The summed E-state index contributed by atoms with van der Waals surface area (Å²) in [4.78, 5) is 14.2. The molecule has 1 N–H and O–H groups in total. The van der Waals surface area contributed by atoms with Gasteiger partial charge in [-0.15, -0.1) is 0 Å². The summed E-state index contributed by atoms with van der Waals surface area (Å²) in [5, 5.41) is 3.43. The van der Waals surface area contributed by atoms with Gasteiger partial charge in [-0.2, -0.15) is 0 Å². The van der Waals surface area contributed by atoms with Crippen molar-refractivity contribution < 1.29 is 4.79 Å². The summed E-state index contributed by atoms with van der Waals surface area (Å²) in [5.74, 6) is 1.74. The SMILES string of the molecule is CC(C)C(=O)N1CC2CNCC2C1(C)C. The van der Waals surface area contributed by atoms with Gasteiger partial charge >= 0.3 is 0 Å². The van der Waals surface area contributed by atoms with Crippen LogP contribution in [-0.2, 0) is 4.79 Å². The third-order valence-corrected chi connectivity index (χ3v) is 4.12. The predicted molar refractivity (Wildman–Crippen MR) is 60.5 cm³/mol. The van der Waals surface area contributed by atoms with Crippen molar-refractivity contribution in [1.29, 1.82) is 0 Å². The molecule has 0 aromatic heterocycles. The number of amides is 1. The zero-order chi connectivity index (χ0) is 11.2. The molecule has 0 aromatic rings. The molecule has 0 aliphatic carbocycles. The molecule has 3 heteroatoms. The van der Waals surface area contributed by atoms with Crippen molar-refractivity contribution in [1.82, 2.24) is 10.2 Å². The molecule has 2 atom stereocenters. The van der Waals surface area contributed by atoms with Crippen LogP contribution in [0.2, 0.25) is 0 Å². The maximum Gasteiger partial charge on any atom is 0.225 e. The second-order valence-electron chi connectivity index (χ2n) is 5.78. The molecule has 86 valence electrons. The van der Waals surface area contributed by atoms with Crippen LogP contribution in [-0.4, -0.2) is 36.0 Å². The molecule has 1 amide bonds. The fraction of sp³-hybridized carbons (Fsp3) is 0.917. The van der Waals surface area contributed by atoms with Crippen LogP contribution in [0.5, 0.6) is 0 Å². The minimum Gasteiger partial charge on any atom is -0.337 e. The average Bonchev–Trinajstić information content (AvgIpc) is 2.67. The molecule has 2 unspecified atom stereocenters. The molecule has 0 spiro atoms. The van der Waals surface area contributed by atoms with Crippen LogP contribution in [0.4, 0.5) is 0 Å². The lowest BCUT2D eigenvalue weighted by molar-refractivity contribution is -0.138. The number of carbonyl (C=O) groups excluding carboxylic acids is 1. The lowest BCUT2D eigenvalue weighted by Crippen LogP contribution is -2.49. The number of carbonyl (C=O) groups is 1. The smallest absolute Gasteiger partial charge is 0.225 e. The largest absolute Gasteiger partial charge is 0.337 e. The minimum atomic E-state index is 0.0372. The molecular weight excluding hydrogens is 188 g/mol. The van der Waals surface area contributed by atoms with E-state index in [1.54, 1.807) is 0 Å². The zero-order valence-electron chi connectivity index (χ0n) is 10.2. The molecular formula is C12H22N2O. The molecule has 0 bridgehead atoms. The quantitative estimate of drug-likeness (QED) is 0.703.